The van der Waals surface area contributed by atoms with E-state index in [4.69, 9.17) is 15.2 Å². The van der Waals surface area contributed by atoms with Crippen LogP contribution >= 0.6 is 0 Å². The van der Waals surface area contributed by atoms with E-state index in [1.165, 1.54) is 6.42 Å². The third kappa shape index (κ3) is 4.10. The molecule has 4 nitrogen and oxygen atoms in total. The normalized spacial score (nSPS) is 27.4. The van der Waals surface area contributed by atoms with Crippen LogP contribution in [0.1, 0.15) is 39.0 Å². The predicted octanol–water partition coefficient (Wildman–Crippen LogP) is 1.47. The van der Waals surface area contributed by atoms with Gasteiger partial charge in [-0.15, -0.1) is 0 Å². The molecule has 1 fully saturated rings. The van der Waals surface area contributed by atoms with Gasteiger partial charge in [-0.25, -0.2) is 0 Å². The van der Waals surface area contributed by atoms with E-state index >= 15 is 0 Å². The molecule has 0 aromatic rings. The summed E-state index contributed by atoms with van der Waals surface area (Å²) in [5.74, 6) is 0.299. The Labute approximate surface area is 97.5 Å². The minimum Gasteiger partial charge on any atom is -0.462 e. The lowest BCUT2D eigenvalue weighted by molar-refractivity contribution is -0.155. The van der Waals surface area contributed by atoms with Crippen LogP contribution in [0.15, 0.2) is 0 Å². The van der Waals surface area contributed by atoms with Gasteiger partial charge in [0, 0.05) is 13.7 Å². The molecule has 1 aliphatic rings. The van der Waals surface area contributed by atoms with Gasteiger partial charge in [-0.2, -0.15) is 0 Å². The summed E-state index contributed by atoms with van der Waals surface area (Å²) in [6.45, 7) is 2.50. The van der Waals surface area contributed by atoms with Crippen molar-refractivity contribution in [3.05, 3.63) is 0 Å². The number of hydrogen-bond donors (Lipinski definition) is 1. The summed E-state index contributed by atoms with van der Waals surface area (Å²) in [6.07, 6.45) is 4.69. The van der Waals surface area contributed by atoms with Crippen LogP contribution in [-0.4, -0.2) is 31.8 Å². The van der Waals surface area contributed by atoms with Gasteiger partial charge in [0.25, 0.3) is 0 Å². The van der Waals surface area contributed by atoms with Gasteiger partial charge in [0.2, 0.25) is 0 Å². The molecule has 1 saturated carbocycles. The Morgan fingerprint density at radius 1 is 1.44 bits per heavy atom. The number of carbonyl (C=O) groups excluding carboxylic acids is 1. The van der Waals surface area contributed by atoms with Gasteiger partial charge in [0.05, 0.1) is 12.5 Å². The van der Waals surface area contributed by atoms with E-state index in [1.807, 2.05) is 0 Å². The van der Waals surface area contributed by atoms with Crippen LogP contribution in [0.3, 0.4) is 0 Å². The zero-order chi connectivity index (χ0) is 12.0. The van der Waals surface area contributed by atoms with Crippen molar-refractivity contribution >= 4 is 5.97 Å². The summed E-state index contributed by atoms with van der Waals surface area (Å²) in [5, 5.41) is 0. The molecule has 16 heavy (non-hydrogen) atoms. The summed E-state index contributed by atoms with van der Waals surface area (Å²) in [6, 6.07) is 0. The van der Waals surface area contributed by atoms with Crippen molar-refractivity contribution in [3.8, 4) is 0 Å². The van der Waals surface area contributed by atoms with E-state index in [2.05, 4.69) is 6.92 Å². The van der Waals surface area contributed by atoms with Crippen molar-refractivity contribution in [1.29, 1.82) is 0 Å². The second kappa shape index (κ2) is 6.86. The molecule has 0 spiro atoms. The molecule has 0 amide bonds. The highest BCUT2D eigenvalue weighted by molar-refractivity contribution is 5.70. The molecule has 4 heteroatoms. The molecule has 0 heterocycles. The van der Waals surface area contributed by atoms with Gasteiger partial charge in [0.1, 0.15) is 6.10 Å². The van der Waals surface area contributed by atoms with Crippen molar-refractivity contribution in [2.24, 2.45) is 11.7 Å². The minimum atomic E-state index is -0.216. The smallest absolute Gasteiger partial charge is 0.308 e. The molecule has 1 aliphatic carbocycles. The quantitative estimate of drug-likeness (QED) is 0.725. The summed E-state index contributed by atoms with van der Waals surface area (Å²) in [7, 11) is 1.56. The molecule has 0 aromatic carbocycles. The van der Waals surface area contributed by atoms with Crippen LogP contribution in [0.5, 0.6) is 0 Å². The van der Waals surface area contributed by atoms with E-state index < -0.39 is 0 Å². The molecule has 3 unspecified atom stereocenters. The van der Waals surface area contributed by atoms with Gasteiger partial charge < -0.3 is 15.2 Å². The van der Waals surface area contributed by atoms with Gasteiger partial charge in [-0.3, -0.25) is 4.79 Å². The highest BCUT2D eigenvalue weighted by Crippen LogP contribution is 2.26. The van der Waals surface area contributed by atoms with E-state index in [0.717, 1.165) is 19.3 Å². The van der Waals surface area contributed by atoms with E-state index in [0.29, 0.717) is 12.5 Å². The van der Waals surface area contributed by atoms with Crippen LogP contribution in [0, 0.1) is 5.92 Å². The molecular formula is C12H23NO3. The Morgan fingerprint density at radius 3 is 2.69 bits per heavy atom. The Morgan fingerprint density at radius 2 is 2.12 bits per heavy atom. The summed E-state index contributed by atoms with van der Waals surface area (Å²) < 4.78 is 10.5. The second-order valence-corrected chi connectivity index (χ2v) is 4.59. The van der Waals surface area contributed by atoms with Gasteiger partial charge >= 0.3 is 5.97 Å². The van der Waals surface area contributed by atoms with E-state index in [-0.39, 0.29) is 24.6 Å². The lowest BCUT2D eigenvalue weighted by Gasteiger charge is -2.28. The van der Waals surface area contributed by atoms with Crippen LogP contribution in [0.25, 0.3) is 0 Å². The Hall–Kier alpha value is -0.610. The van der Waals surface area contributed by atoms with Crippen LogP contribution in [0.2, 0.25) is 0 Å². The lowest BCUT2D eigenvalue weighted by Crippen LogP contribution is -2.32. The first-order valence-corrected chi connectivity index (χ1v) is 6.09. The maximum absolute atomic E-state index is 11.6. The third-order valence-corrected chi connectivity index (χ3v) is 3.31. The standard InChI is InChI=1S/C12H23NO3/c1-9-5-3-4-6-11(9)16-12(14)7-10(8-13)15-2/h9-11H,3-8,13H2,1-2H3. The topological polar surface area (TPSA) is 61.5 Å². The monoisotopic (exact) mass is 229 g/mol. The van der Waals surface area contributed by atoms with E-state index in [9.17, 15) is 4.79 Å². The third-order valence-electron chi connectivity index (χ3n) is 3.31. The number of methoxy groups -OCH3 is 1. The Balaban J connectivity index is 2.32. The Bertz CT molecular complexity index is 216. The first-order valence-electron chi connectivity index (χ1n) is 6.09. The summed E-state index contributed by atoms with van der Waals surface area (Å²) >= 11 is 0. The fourth-order valence-electron chi connectivity index (χ4n) is 2.12. The number of carbonyl (C=O) groups is 1. The SMILES string of the molecule is COC(CN)CC(=O)OC1CCCCC1C. The number of ether oxygens (including phenoxy) is 2. The molecule has 0 aromatic heterocycles. The average Bonchev–Trinajstić information content (AvgIpc) is 2.29. The minimum absolute atomic E-state index is 0.0940. The van der Waals surface area contributed by atoms with Crippen molar-refractivity contribution in [3.63, 3.8) is 0 Å². The van der Waals surface area contributed by atoms with E-state index in [1.54, 1.807) is 7.11 Å². The van der Waals surface area contributed by atoms with Crippen LogP contribution in [-0.2, 0) is 14.3 Å². The second-order valence-electron chi connectivity index (χ2n) is 4.59. The maximum atomic E-state index is 11.6. The van der Waals surface area contributed by atoms with Crippen molar-refractivity contribution in [2.45, 2.75) is 51.2 Å². The molecule has 2 N–H and O–H groups in total. The largest absolute Gasteiger partial charge is 0.462 e. The van der Waals surface area contributed by atoms with Gasteiger partial charge in [-0.05, 0) is 25.2 Å². The van der Waals surface area contributed by atoms with Crippen LogP contribution < -0.4 is 5.73 Å². The summed E-state index contributed by atoms with van der Waals surface area (Å²) in [5.41, 5.74) is 5.46. The maximum Gasteiger partial charge on any atom is 0.308 e. The first-order chi connectivity index (χ1) is 7.67. The van der Waals surface area contributed by atoms with Crippen LogP contribution in [0.4, 0.5) is 0 Å². The van der Waals surface area contributed by atoms with Gasteiger partial charge in [0.15, 0.2) is 0 Å². The molecule has 0 radical (unpaired) electrons. The predicted molar refractivity (Wildman–Crippen MR) is 62.0 cm³/mol. The molecule has 94 valence electrons. The fraction of sp³-hybridized carbons (Fsp3) is 0.917. The number of rotatable bonds is 5. The van der Waals surface area contributed by atoms with Crippen molar-refractivity contribution in [1.82, 2.24) is 0 Å². The highest BCUT2D eigenvalue weighted by Gasteiger charge is 2.25. The first kappa shape index (κ1) is 13.5. The molecule has 3 atom stereocenters. The fourth-order valence-corrected chi connectivity index (χ4v) is 2.12. The Kier molecular flexibility index (Phi) is 5.77. The highest BCUT2D eigenvalue weighted by atomic mass is 16.5. The molecule has 0 saturated heterocycles. The molecular weight excluding hydrogens is 206 g/mol. The zero-order valence-electron chi connectivity index (χ0n) is 10.3. The molecule has 0 aliphatic heterocycles. The van der Waals surface area contributed by atoms with Crippen molar-refractivity contribution < 1.29 is 14.3 Å². The lowest BCUT2D eigenvalue weighted by atomic mass is 9.88. The average molecular weight is 229 g/mol. The zero-order valence-corrected chi connectivity index (χ0v) is 10.3. The number of nitrogens with two attached hydrogens (primary N) is 1. The molecule has 1 rings (SSSR count). The molecule has 0 bridgehead atoms. The summed E-state index contributed by atoms with van der Waals surface area (Å²) in [4.78, 5) is 11.6. The van der Waals surface area contributed by atoms with Crippen molar-refractivity contribution in [2.75, 3.05) is 13.7 Å². The van der Waals surface area contributed by atoms with Gasteiger partial charge in [-0.1, -0.05) is 13.3 Å². The number of esters is 1. The number of hydrogen-bond acceptors (Lipinski definition) is 4.